The maximum atomic E-state index is 5.75. The van der Waals surface area contributed by atoms with Gasteiger partial charge in [0.1, 0.15) is 6.10 Å². The topological polar surface area (TPSA) is 36.9 Å². The van der Waals surface area contributed by atoms with Crippen LogP contribution in [0.5, 0.6) is 0 Å². The average Bonchev–Trinajstić information content (AvgIpc) is 2.15. The Balaban J connectivity index is 2.10. The Hall–Kier alpha value is 0.0569. The zero-order valence-electron chi connectivity index (χ0n) is 10.7. The monoisotopic (exact) mass is 248 g/mol. The molecule has 1 saturated heterocycles. The summed E-state index contributed by atoms with van der Waals surface area (Å²) in [6.07, 6.45) is 1.34. The third-order valence-corrected chi connectivity index (χ3v) is 5.70. The first kappa shape index (κ1) is 14.1. The molecule has 0 amide bonds. The number of hydrogen-bond donors (Lipinski definition) is 0. The molecule has 0 aromatic rings. The second-order valence-electron chi connectivity index (χ2n) is 4.13. The molecule has 0 atom stereocenters. The second kappa shape index (κ2) is 7.40. The van der Waals surface area contributed by atoms with Crippen molar-refractivity contribution in [3.8, 4) is 0 Å². The molecular weight excluding hydrogens is 224 g/mol. The standard InChI is InChI=1S/C11H24O4Si/c1-4-14-16(3,15-5-2)8-6-7-13-11-9-12-10-11/h11H,4-10H2,1-3H3. The van der Waals surface area contributed by atoms with Crippen molar-refractivity contribution in [3.63, 3.8) is 0 Å². The Kier molecular flexibility index (Phi) is 6.53. The Morgan fingerprint density at radius 2 is 1.81 bits per heavy atom. The van der Waals surface area contributed by atoms with E-state index < -0.39 is 8.56 Å². The fourth-order valence-corrected chi connectivity index (χ4v) is 4.13. The summed E-state index contributed by atoms with van der Waals surface area (Å²) in [6.45, 7) is 9.94. The van der Waals surface area contributed by atoms with Gasteiger partial charge >= 0.3 is 8.56 Å². The normalized spacial score (nSPS) is 17.4. The molecule has 16 heavy (non-hydrogen) atoms. The fourth-order valence-electron chi connectivity index (χ4n) is 1.75. The van der Waals surface area contributed by atoms with Crippen LogP contribution in [-0.2, 0) is 18.3 Å². The Morgan fingerprint density at radius 3 is 2.25 bits per heavy atom. The lowest BCUT2D eigenvalue weighted by Gasteiger charge is -2.28. The third-order valence-electron chi connectivity index (χ3n) is 2.64. The van der Waals surface area contributed by atoms with Crippen molar-refractivity contribution in [2.75, 3.05) is 33.0 Å². The average molecular weight is 248 g/mol. The molecule has 0 saturated carbocycles. The lowest BCUT2D eigenvalue weighted by molar-refractivity contribution is -0.129. The van der Waals surface area contributed by atoms with E-state index >= 15 is 0 Å². The van der Waals surface area contributed by atoms with Gasteiger partial charge in [0.05, 0.1) is 13.2 Å². The third kappa shape index (κ3) is 4.93. The molecule has 4 nitrogen and oxygen atoms in total. The molecule has 0 aliphatic carbocycles. The van der Waals surface area contributed by atoms with Gasteiger partial charge in [-0.2, -0.15) is 0 Å². The molecule has 0 N–H and O–H groups in total. The zero-order chi connectivity index (χ0) is 11.9. The lowest BCUT2D eigenvalue weighted by Crippen LogP contribution is -2.40. The van der Waals surface area contributed by atoms with E-state index in [1.165, 1.54) is 0 Å². The fraction of sp³-hybridized carbons (Fsp3) is 1.00. The van der Waals surface area contributed by atoms with Crippen molar-refractivity contribution < 1.29 is 18.3 Å². The van der Waals surface area contributed by atoms with E-state index in [0.29, 0.717) is 6.10 Å². The van der Waals surface area contributed by atoms with Crippen LogP contribution in [0.4, 0.5) is 0 Å². The minimum atomic E-state index is -1.92. The summed E-state index contributed by atoms with van der Waals surface area (Å²) in [5.41, 5.74) is 0. The van der Waals surface area contributed by atoms with Crippen molar-refractivity contribution in [3.05, 3.63) is 0 Å². The highest BCUT2D eigenvalue weighted by Gasteiger charge is 2.30. The van der Waals surface area contributed by atoms with Crippen LogP contribution in [0.15, 0.2) is 0 Å². The van der Waals surface area contributed by atoms with Crippen molar-refractivity contribution in [2.45, 2.75) is 39.0 Å². The molecule has 0 radical (unpaired) electrons. The van der Waals surface area contributed by atoms with E-state index in [1.807, 2.05) is 13.8 Å². The highest BCUT2D eigenvalue weighted by molar-refractivity contribution is 6.66. The summed E-state index contributed by atoms with van der Waals surface area (Å²) in [5.74, 6) is 0. The molecule has 1 heterocycles. The minimum absolute atomic E-state index is 0.326. The predicted molar refractivity (Wildman–Crippen MR) is 64.9 cm³/mol. The van der Waals surface area contributed by atoms with E-state index in [0.717, 1.165) is 45.5 Å². The van der Waals surface area contributed by atoms with Crippen LogP contribution in [0.3, 0.4) is 0 Å². The summed E-state index contributed by atoms with van der Waals surface area (Å²) in [4.78, 5) is 0. The summed E-state index contributed by atoms with van der Waals surface area (Å²) < 4.78 is 22.2. The molecule has 0 aromatic carbocycles. The van der Waals surface area contributed by atoms with Gasteiger partial charge in [0.15, 0.2) is 0 Å². The van der Waals surface area contributed by atoms with Crippen LogP contribution < -0.4 is 0 Å². The summed E-state index contributed by atoms with van der Waals surface area (Å²) >= 11 is 0. The molecule has 0 unspecified atom stereocenters. The first-order valence-corrected chi connectivity index (χ1v) is 8.70. The lowest BCUT2D eigenvalue weighted by atomic mass is 10.3. The van der Waals surface area contributed by atoms with E-state index in [-0.39, 0.29) is 0 Å². The van der Waals surface area contributed by atoms with E-state index in [4.69, 9.17) is 18.3 Å². The number of hydrogen-bond acceptors (Lipinski definition) is 4. The second-order valence-corrected chi connectivity index (χ2v) is 7.48. The molecule has 1 aliphatic heterocycles. The number of rotatable bonds is 9. The first-order chi connectivity index (χ1) is 7.70. The molecule has 5 heteroatoms. The highest BCUT2D eigenvalue weighted by Crippen LogP contribution is 2.16. The van der Waals surface area contributed by atoms with Gasteiger partial charge in [-0.15, -0.1) is 0 Å². The van der Waals surface area contributed by atoms with Gasteiger partial charge in [-0.25, -0.2) is 0 Å². The van der Waals surface area contributed by atoms with Crippen molar-refractivity contribution in [2.24, 2.45) is 0 Å². The maximum absolute atomic E-state index is 5.75. The highest BCUT2D eigenvalue weighted by atomic mass is 28.4. The predicted octanol–water partition coefficient (Wildman–Crippen LogP) is 1.94. The van der Waals surface area contributed by atoms with Gasteiger partial charge < -0.3 is 18.3 Å². The maximum Gasteiger partial charge on any atom is 0.334 e. The van der Waals surface area contributed by atoms with Crippen LogP contribution in [-0.4, -0.2) is 47.7 Å². The van der Waals surface area contributed by atoms with Crippen molar-refractivity contribution >= 4 is 8.56 Å². The smallest absolute Gasteiger partial charge is 0.334 e. The quantitative estimate of drug-likeness (QED) is 0.461. The molecular formula is C11H24O4Si. The Bertz CT molecular complexity index is 179. The molecule has 96 valence electrons. The van der Waals surface area contributed by atoms with Crippen molar-refractivity contribution in [1.29, 1.82) is 0 Å². The zero-order valence-corrected chi connectivity index (χ0v) is 11.7. The van der Waals surface area contributed by atoms with Crippen LogP contribution in [0.25, 0.3) is 0 Å². The van der Waals surface area contributed by atoms with E-state index in [2.05, 4.69) is 6.55 Å². The van der Waals surface area contributed by atoms with Gasteiger partial charge in [0, 0.05) is 19.8 Å². The minimum Gasteiger partial charge on any atom is -0.395 e. The van der Waals surface area contributed by atoms with Crippen LogP contribution in [0.2, 0.25) is 12.6 Å². The molecule has 1 rings (SSSR count). The SMILES string of the molecule is CCO[Si](C)(CCCOC1COC1)OCC. The van der Waals surface area contributed by atoms with Gasteiger partial charge in [-0.1, -0.05) is 0 Å². The van der Waals surface area contributed by atoms with Crippen LogP contribution in [0.1, 0.15) is 20.3 Å². The molecule has 0 bridgehead atoms. The summed E-state index contributed by atoms with van der Waals surface area (Å²) in [5, 5.41) is 0. The van der Waals surface area contributed by atoms with Gasteiger partial charge in [0.2, 0.25) is 0 Å². The van der Waals surface area contributed by atoms with Crippen LogP contribution >= 0.6 is 0 Å². The molecule has 1 fully saturated rings. The van der Waals surface area contributed by atoms with Crippen LogP contribution in [0, 0.1) is 0 Å². The number of ether oxygens (including phenoxy) is 2. The largest absolute Gasteiger partial charge is 0.395 e. The van der Waals surface area contributed by atoms with Crippen molar-refractivity contribution in [1.82, 2.24) is 0 Å². The van der Waals surface area contributed by atoms with Gasteiger partial charge in [-0.05, 0) is 32.9 Å². The summed E-state index contributed by atoms with van der Waals surface area (Å²) in [7, 11) is -1.92. The molecule has 0 spiro atoms. The first-order valence-electron chi connectivity index (χ1n) is 6.17. The van der Waals surface area contributed by atoms with Gasteiger partial charge in [-0.3, -0.25) is 0 Å². The Morgan fingerprint density at radius 1 is 1.19 bits per heavy atom. The molecule has 1 aliphatic rings. The summed E-state index contributed by atoms with van der Waals surface area (Å²) in [6, 6.07) is 1.00. The van der Waals surface area contributed by atoms with E-state index in [1.54, 1.807) is 0 Å². The molecule has 0 aromatic heterocycles. The van der Waals surface area contributed by atoms with E-state index in [9.17, 15) is 0 Å². The van der Waals surface area contributed by atoms with Gasteiger partial charge in [0.25, 0.3) is 0 Å². The Labute approximate surface area is 99.5 Å².